The van der Waals surface area contributed by atoms with Crippen LogP contribution >= 0.6 is 31.9 Å². The van der Waals surface area contributed by atoms with E-state index in [0.29, 0.717) is 11.6 Å². The molecule has 0 aromatic heterocycles. The highest BCUT2D eigenvalue weighted by Crippen LogP contribution is 2.45. The number of benzene rings is 1. The molecule has 1 aliphatic rings. The molecule has 0 radical (unpaired) electrons. The summed E-state index contributed by atoms with van der Waals surface area (Å²) in [6.45, 7) is 7.57. The Bertz CT molecular complexity index is 534. The van der Waals surface area contributed by atoms with E-state index in [-0.39, 0.29) is 0 Å². The van der Waals surface area contributed by atoms with E-state index in [2.05, 4.69) is 50.6 Å². The summed E-state index contributed by atoms with van der Waals surface area (Å²) in [7, 11) is 0. The van der Waals surface area contributed by atoms with Gasteiger partial charge in [-0.2, -0.15) is 0 Å². The van der Waals surface area contributed by atoms with Gasteiger partial charge in [0.1, 0.15) is 0 Å². The van der Waals surface area contributed by atoms with Crippen LogP contribution in [0.3, 0.4) is 0 Å². The first-order valence-electron chi connectivity index (χ1n) is 9.62. The summed E-state index contributed by atoms with van der Waals surface area (Å²) in [6, 6.07) is 4.04. The summed E-state index contributed by atoms with van der Waals surface area (Å²) in [4.78, 5) is 2.43. The molecule has 1 unspecified atom stereocenters. The minimum atomic E-state index is -0.772. The molecule has 0 heterocycles. The van der Waals surface area contributed by atoms with Gasteiger partial charge in [-0.1, -0.05) is 33.1 Å². The number of halogens is 2. The summed E-state index contributed by atoms with van der Waals surface area (Å²) in [5, 5.41) is 11.8. The molecule has 1 saturated carbocycles. The second-order valence-corrected chi connectivity index (χ2v) is 8.95. The van der Waals surface area contributed by atoms with Gasteiger partial charge in [0.25, 0.3) is 0 Å². The number of nitrogens with zero attached hydrogens (tertiary/aromatic N) is 1. The second-order valence-electron chi connectivity index (χ2n) is 7.24. The van der Waals surface area contributed by atoms with Crippen LogP contribution in [0, 0.1) is 5.92 Å². The molecule has 2 rings (SSSR count). The lowest BCUT2D eigenvalue weighted by Crippen LogP contribution is -2.37. The van der Waals surface area contributed by atoms with Crippen molar-refractivity contribution in [2.24, 2.45) is 5.92 Å². The monoisotopic (exact) mass is 474 g/mol. The van der Waals surface area contributed by atoms with Gasteiger partial charge in [-0.05, 0) is 101 Å². The van der Waals surface area contributed by atoms with Crippen molar-refractivity contribution >= 4 is 37.5 Å². The number of hydrogen-bond acceptors (Lipinski definition) is 3. The van der Waals surface area contributed by atoms with Crippen LogP contribution in [0.15, 0.2) is 21.1 Å². The SMILES string of the molecule is CCN(CC)CCCC(O)(c1cc(Br)c(N)c(Br)c1)C1CCCCC1. The lowest BCUT2D eigenvalue weighted by molar-refractivity contribution is -0.0489. The predicted octanol–water partition coefficient (Wildman–Crippen LogP) is 5.68. The number of nitrogens with two attached hydrogens (primary N) is 1. The van der Waals surface area contributed by atoms with Crippen LogP contribution in [-0.2, 0) is 5.60 Å². The van der Waals surface area contributed by atoms with Crippen LogP contribution in [0.2, 0.25) is 0 Å². The lowest BCUT2D eigenvalue weighted by atomic mass is 9.71. The Morgan fingerprint density at radius 1 is 1.12 bits per heavy atom. The highest BCUT2D eigenvalue weighted by molar-refractivity contribution is 9.11. The topological polar surface area (TPSA) is 49.5 Å². The number of hydrogen-bond donors (Lipinski definition) is 2. The smallest absolute Gasteiger partial charge is 0.0925 e. The predicted molar refractivity (Wildman–Crippen MR) is 114 cm³/mol. The van der Waals surface area contributed by atoms with Crippen molar-refractivity contribution in [2.75, 3.05) is 25.4 Å². The van der Waals surface area contributed by atoms with Crippen molar-refractivity contribution in [2.45, 2.75) is 64.4 Å². The van der Waals surface area contributed by atoms with Crippen molar-refractivity contribution < 1.29 is 5.11 Å². The molecular formula is C20H32Br2N2O. The maximum atomic E-state index is 11.8. The van der Waals surface area contributed by atoms with E-state index in [4.69, 9.17) is 5.73 Å². The average Bonchev–Trinajstić information content (AvgIpc) is 2.63. The Morgan fingerprint density at radius 2 is 1.68 bits per heavy atom. The zero-order valence-electron chi connectivity index (χ0n) is 15.5. The second kappa shape index (κ2) is 9.72. The van der Waals surface area contributed by atoms with Gasteiger partial charge in [0.15, 0.2) is 0 Å². The number of anilines is 1. The molecular weight excluding hydrogens is 444 g/mol. The zero-order chi connectivity index (χ0) is 18.4. The third kappa shape index (κ3) is 5.21. The van der Waals surface area contributed by atoms with Crippen LogP contribution in [-0.4, -0.2) is 29.6 Å². The fourth-order valence-electron chi connectivity index (χ4n) is 4.11. The van der Waals surface area contributed by atoms with Crippen LogP contribution in [0.1, 0.15) is 64.4 Å². The van der Waals surface area contributed by atoms with Crippen molar-refractivity contribution in [1.29, 1.82) is 0 Å². The molecule has 1 fully saturated rings. The minimum absolute atomic E-state index is 0.334. The van der Waals surface area contributed by atoms with Gasteiger partial charge in [-0.3, -0.25) is 0 Å². The Kier molecular flexibility index (Phi) is 8.25. The molecule has 0 amide bonds. The van der Waals surface area contributed by atoms with Gasteiger partial charge in [0.2, 0.25) is 0 Å². The molecule has 0 saturated heterocycles. The quantitative estimate of drug-likeness (QED) is 0.475. The van der Waals surface area contributed by atoms with Gasteiger partial charge in [0.05, 0.1) is 11.3 Å². The molecule has 3 N–H and O–H groups in total. The van der Waals surface area contributed by atoms with E-state index < -0.39 is 5.60 Å². The maximum Gasteiger partial charge on any atom is 0.0925 e. The number of nitrogen functional groups attached to an aromatic ring is 1. The molecule has 0 bridgehead atoms. The third-order valence-electron chi connectivity index (χ3n) is 5.79. The van der Waals surface area contributed by atoms with Crippen LogP contribution in [0.25, 0.3) is 0 Å². The normalized spacial score (nSPS) is 18.5. The van der Waals surface area contributed by atoms with Crippen LogP contribution in [0.5, 0.6) is 0 Å². The van der Waals surface area contributed by atoms with E-state index in [1.807, 2.05) is 12.1 Å². The summed E-state index contributed by atoms with van der Waals surface area (Å²) in [5.74, 6) is 0.334. The first-order valence-corrected chi connectivity index (χ1v) is 11.2. The van der Waals surface area contributed by atoms with Crippen molar-refractivity contribution in [1.82, 2.24) is 4.90 Å². The van der Waals surface area contributed by atoms with Gasteiger partial charge in [0, 0.05) is 8.95 Å². The molecule has 3 nitrogen and oxygen atoms in total. The lowest BCUT2D eigenvalue weighted by Gasteiger charge is -2.40. The highest BCUT2D eigenvalue weighted by atomic mass is 79.9. The van der Waals surface area contributed by atoms with Gasteiger partial charge >= 0.3 is 0 Å². The molecule has 0 spiro atoms. The third-order valence-corrected chi connectivity index (χ3v) is 7.10. The summed E-state index contributed by atoms with van der Waals surface area (Å²) in [5.41, 5.74) is 6.98. The van der Waals surface area contributed by atoms with Crippen molar-refractivity contribution in [3.63, 3.8) is 0 Å². The fraction of sp³-hybridized carbons (Fsp3) is 0.700. The van der Waals surface area contributed by atoms with E-state index in [9.17, 15) is 5.11 Å². The summed E-state index contributed by atoms with van der Waals surface area (Å²) in [6.07, 6.45) is 7.77. The molecule has 25 heavy (non-hydrogen) atoms. The van der Waals surface area contributed by atoms with E-state index >= 15 is 0 Å². The Morgan fingerprint density at radius 3 is 2.20 bits per heavy atom. The van der Waals surface area contributed by atoms with Crippen LogP contribution < -0.4 is 5.73 Å². The Hall–Kier alpha value is -0.100. The standard InChI is InChI=1S/C20H32Br2N2O/c1-3-24(4-2)12-8-11-20(25,15-9-6-5-7-10-15)16-13-17(21)19(23)18(22)14-16/h13-15,25H,3-12,23H2,1-2H3. The van der Waals surface area contributed by atoms with Gasteiger partial charge in [-0.15, -0.1) is 0 Å². The van der Waals surface area contributed by atoms with Gasteiger partial charge < -0.3 is 15.7 Å². The first-order chi connectivity index (χ1) is 11.9. The molecule has 142 valence electrons. The van der Waals surface area contributed by atoms with Gasteiger partial charge in [-0.25, -0.2) is 0 Å². The molecule has 1 atom stereocenters. The van der Waals surface area contributed by atoms with E-state index in [0.717, 1.165) is 59.8 Å². The molecule has 1 aromatic carbocycles. The minimum Gasteiger partial charge on any atom is -0.397 e. The Labute approximate surface area is 169 Å². The largest absolute Gasteiger partial charge is 0.397 e. The number of rotatable bonds is 8. The summed E-state index contributed by atoms with van der Waals surface area (Å²) < 4.78 is 1.71. The average molecular weight is 476 g/mol. The van der Waals surface area contributed by atoms with E-state index in [1.165, 1.54) is 19.3 Å². The summed E-state index contributed by atoms with van der Waals surface area (Å²) >= 11 is 7.11. The van der Waals surface area contributed by atoms with E-state index in [1.54, 1.807) is 0 Å². The zero-order valence-corrected chi connectivity index (χ0v) is 18.7. The molecule has 5 heteroatoms. The fourth-order valence-corrected chi connectivity index (χ4v) is 5.30. The first kappa shape index (κ1) is 21.2. The highest BCUT2D eigenvalue weighted by Gasteiger charge is 2.39. The molecule has 0 aliphatic heterocycles. The molecule has 1 aliphatic carbocycles. The van der Waals surface area contributed by atoms with Crippen molar-refractivity contribution in [3.05, 3.63) is 26.6 Å². The van der Waals surface area contributed by atoms with Crippen molar-refractivity contribution in [3.8, 4) is 0 Å². The maximum absolute atomic E-state index is 11.8. The molecule has 1 aromatic rings. The van der Waals surface area contributed by atoms with Crippen LogP contribution in [0.4, 0.5) is 5.69 Å². The Balaban J connectivity index is 2.25. The number of aliphatic hydroxyl groups is 1.